The molecule has 0 saturated heterocycles. The van der Waals surface area contributed by atoms with Gasteiger partial charge in [0.05, 0.1) is 0 Å². The molecule has 0 amide bonds. The van der Waals surface area contributed by atoms with E-state index >= 15 is 0 Å². The van der Waals surface area contributed by atoms with Crippen molar-refractivity contribution >= 4 is 32.8 Å². The van der Waals surface area contributed by atoms with E-state index in [4.69, 9.17) is 5.73 Å². The Morgan fingerprint density at radius 1 is 1.10 bits per heavy atom. The summed E-state index contributed by atoms with van der Waals surface area (Å²) >= 11 is 3.71. The minimum atomic E-state index is 0.117. The number of fused-ring (bicyclic) bond motifs is 2. The van der Waals surface area contributed by atoms with Crippen LogP contribution in [0.3, 0.4) is 0 Å². The third-order valence-electron chi connectivity index (χ3n) is 4.40. The molecule has 2 aromatic heterocycles. The molecule has 0 saturated carbocycles. The molecular weight excluding hydrogens is 282 g/mol. The summed E-state index contributed by atoms with van der Waals surface area (Å²) < 4.78 is 1.36. The van der Waals surface area contributed by atoms with Crippen molar-refractivity contribution in [2.45, 2.75) is 31.2 Å². The smallest absolute Gasteiger partial charge is 0.0390 e. The summed E-state index contributed by atoms with van der Waals surface area (Å²) in [4.78, 5) is 1.55. The zero-order valence-corrected chi connectivity index (χ0v) is 12.8. The molecule has 1 nitrogen and oxygen atoms in total. The molecule has 0 bridgehead atoms. The van der Waals surface area contributed by atoms with Crippen LogP contribution in [0.2, 0.25) is 0 Å². The van der Waals surface area contributed by atoms with Crippen LogP contribution in [-0.4, -0.2) is 0 Å². The van der Waals surface area contributed by atoms with E-state index in [1.54, 1.807) is 4.88 Å². The molecule has 2 N–H and O–H groups in total. The van der Waals surface area contributed by atoms with Crippen LogP contribution in [0.5, 0.6) is 0 Å². The minimum absolute atomic E-state index is 0.117. The maximum Gasteiger partial charge on any atom is 0.0390 e. The first-order valence-electron chi connectivity index (χ1n) is 7.12. The molecule has 3 aromatic rings. The summed E-state index contributed by atoms with van der Waals surface area (Å²) in [6.07, 6.45) is 3.72. The molecule has 2 atom stereocenters. The lowest BCUT2D eigenvalue weighted by atomic mass is 9.80. The standard InChI is InChI=1S/C17H17NS2/c18-16(13-4-2-6-15-12(13)8-10-19-15)14-5-1-3-11-7-9-20-17(11)14/h1,3,5,7-10,13,16H,2,4,6,18H2. The fourth-order valence-corrected chi connectivity index (χ4v) is 5.35. The van der Waals surface area contributed by atoms with Crippen LogP contribution in [0.25, 0.3) is 10.1 Å². The van der Waals surface area contributed by atoms with Crippen molar-refractivity contribution in [1.82, 2.24) is 0 Å². The Balaban J connectivity index is 1.78. The van der Waals surface area contributed by atoms with Crippen molar-refractivity contribution in [3.63, 3.8) is 0 Å². The normalized spacial score (nSPS) is 19.9. The highest BCUT2D eigenvalue weighted by Crippen LogP contribution is 2.43. The quantitative estimate of drug-likeness (QED) is 0.701. The monoisotopic (exact) mass is 299 g/mol. The average molecular weight is 299 g/mol. The Morgan fingerprint density at radius 2 is 2.00 bits per heavy atom. The van der Waals surface area contributed by atoms with E-state index < -0.39 is 0 Å². The summed E-state index contributed by atoms with van der Waals surface area (Å²) in [5.41, 5.74) is 9.50. The fraction of sp³-hybridized carbons (Fsp3) is 0.294. The maximum absolute atomic E-state index is 6.68. The van der Waals surface area contributed by atoms with E-state index in [1.807, 2.05) is 22.7 Å². The predicted molar refractivity (Wildman–Crippen MR) is 88.8 cm³/mol. The van der Waals surface area contributed by atoms with Crippen molar-refractivity contribution < 1.29 is 0 Å². The average Bonchev–Trinajstić information content (AvgIpc) is 3.13. The van der Waals surface area contributed by atoms with E-state index in [2.05, 4.69) is 41.1 Å². The van der Waals surface area contributed by atoms with E-state index in [9.17, 15) is 0 Å². The van der Waals surface area contributed by atoms with Crippen LogP contribution in [0.4, 0.5) is 0 Å². The number of benzene rings is 1. The number of hydrogen-bond donors (Lipinski definition) is 1. The van der Waals surface area contributed by atoms with Gasteiger partial charge in [0.2, 0.25) is 0 Å². The SMILES string of the molecule is NC(c1cccc2ccsc12)C1CCCc2sccc21. The predicted octanol–water partition coefficient (Wildman–Crippen LogP) is 5.08. The highest BCUT2D eigenvalue weighted by Gasteiger charge is 2.28. The first-order valence-corrected chi connectivity index (χ1v) is 8.88. The van der Waals surface area contributed by atoms with E-state index in [1.165, 1.54) is 40.5 Å². The summed E-state index contributed by atoms with van der Waals surface area (Å²) in [5, 5.41) is 5.71. The third kappa shape index (κ3) is 1.93. The molecule has 102 valence electrons. The van der Waals surface area contributed by atoms with Crippen LogP contribution < -0.4 is 5.73 Å². The number of thiophene rings is 2. The Hall–Kier alpha value is -1.16. The molecule has 3 heteroatoms. The number of hydrogen-bond acceptors (Lipinski definition) is 3. The van der Waals surface area contributed by atoms with Crippen LogP contribution in [0, 0.1) is 0 Å². The van der Waals surface area contributed by atoms with Crippen molar-refractivity contribution in [3.8, 4) is 0 Å². The highest BCUT2D eigenvalue weighted by molar-refractivity contribution is 7.17. The van der Waals surface area contributed by atoms with Crippen LogP contribution in [0.1, 0.15) is 40.8 Å². The fourth-order valence-electron chi connectivity index (χ4n) is 3.39. The third-order valence-corrected chi connectivity index (χ3v) is 6.38. The second-order valence-corrected chi connectivity index (χ2v) is 7.43. The number of nitrogens with two attached hydrogens (primary N) is 1. The molecule has 0 radical (unpaired) electrons. The topological polar surface area (TPSA) is 26.0 Å². The van der Waals surface area contributed by atoms with Gasteiger partial charge < -0.3 is 5.73 Å². The van der Waals surface area contributed by atoms with Gasteiger partial charge in [0.25, 0.3) is 0 Å². The van der Waals surface area contributed by atoms with Gasteiger partial charge in [-0.15, -0.1) is 22.7 Å². The summed E-state index contributed by atoms with van der Waals surface area (Å²) in [7, 11) is 0. The highest BCUT2D eigenvalue weighted by atomic mass is 32.1. The van der Waals surface area contributed by atoms with Crippen LogP contribution in [-0.2, 0) is 6.42 Å². The second-order valence-electron chi connectivity index (χ2n) is 5.51. The lowest BCUT2D eigenvalue weighted by Gasteiger charge is -2.28. The molecule has 4 rings (SSSR count). The van der Waals surface area contributed by atoms with Gasteiger partial charge in [-0.3, -0.25) is 0 Å². The summed E-state index contributed by atoms with van der Waals surface area (Å²) in [6, 6.07) is 11.1. The van der Waals surface area contributed by atoms with Gasteiger partial charge in [0, 0.05) is 21.5 Å². The molecular formula is C17H17NS2. The molecule has 1 aliphatic rings. The second kappa shape index (κ2) is 4.99. The Labute approximate surface area is 127 Å². The molecule has 20 heavy (non-hydrogen) atoms. The van der Waals surface area contributed by atoms with Gasteiger partial charge in [0.1, 0.15) is 0 Å². The molecule has 0 fully saturated rings. The molecule has 2 unspecified atom stereocenters. The Kier molecular flexibility index (Phi) is 3.14. The van der Waals surface area contributed by atoms with Gasteiger partial charge in [-0.25, -0.2) is 0 Å². The van der Waals surface area contributed by atoms with Crippen molar-refractivity contribution in [3.05, 3.63) is 57.1 Å². The molecule has 0 spiro atoms. The van der Waals surface area contributed by atoms with Gasteiger partial charge in [-0.05, 0) is 58.7 Å². The van der Waals surface area contributed by atoms with E-state index in [0.29, 0.717) is 5.92 Å². The van der Waals surface area contributed by atoms with E-state index in [0.717, 1.165) is 0 Å². The Morgan fingerprint density at radius 3 is 2.95 bits per heavy atom. The van der Waals surface area contributed by atoms with Crippen molar-refractivity contribution in [2.24, 2.45) is 5.73 Å². The van der Waals surface area contributed by atoms with E-state index in [-0.39, 0.29) is 6.04 Å². The van der Waals surface area contributed by atoms with Crippen molar-refractivity contribution in [1.29, 1.82) is 0 Å². The zero-order chi connectivity index (χ0) is 13.5. The lowest BCUT2D eigenvalue weighted by Crippen LogP contribution is -2.22. The van der Waals surface area contributed by atoms with Crippen LogP contribution >= 0.6 is 22.7 Å². The first kappa shape index (κ1) is 12.6. The molecule has 1 aromatic carbocycles. The van der Waals surface area contributed by atoms with Crippen molar-refractivity contribution in [2.75, 3.05) is 0 Å². The van der Waals surface area contributed by atoms with Gasteiger partial charge in [-0.2, -0.15) is 0 Å². The number of aryl methyl sites for hydroxylation is 1. The van der Waals surface area contributed by atoms with Gasteiger partial charge in [-0.1, -0.05) is 18.2 Å². The molecule has 0 aliphatic heterocycles. The summed E-state index contributed by atoms with van der Waals surface area (Å²) in [5.74, 6) is 0.484. The molecule has 1 aliphatic carbocycles. The first-order chi connectivity index (χ1) is 9.84. The zero-order valence-electron chi connectivity index (χ0n) is 11.2. The van der Waals surface area contributed by atoms with Crippen LogP contribution in [0.15, 0.2) is 41.1 Å². The Bertz CT molecular complexity index is 740. The van der Waals surface area contributed by atoms with Gasteiger partial charge >= 0.3 is 0 Å². The largest absolute Gasteiger partial charge is 0.323 e. The number of rotatable bonds is 2. The maximum atomic E-state index is 6.68. The lowest BCUT2D eigenvalue weighted by molar-refractivity contribution is 0.481. The van der Waals surface area contributed by atoms with Gasteiger partial charge in [0.15, 0.2) is 0 Å². The summed E-state index contributed by atoms with van der Waals surface area (Å²) in [6.45, 7) is 0. The molecule has 2 heterocycles. The minimum Gasteiger partial charge on any atom is -0.323 e.